The third kappa shape index (κ3) is 5.26. The molecule has 0 aromatic rings. The number of nitrogens with one attached hydrogen (secondary N) is 1. The number of hydrogen-bond acceptors (Lipinski definition) is 3. The van der Waals surface area contributed by atoms with E-state index >= 15 is 0 Å². The maximum Gasteiger partial charge on any atom is 0.150 e. The number of unbranched alkanes of at least 4 members (excludes halogenated alkanes) is 1. The number of hydrogen-bond donors (Lipinski definition) is 1. The molecule has 0 saturated heterocycles. The molecule has 1 saturated carbocycles. The van der Waals surface area contributed by atoms with Crippen LogP contribution in [0.5, 0.6) is 0 Å². The van der Waals surface area contributed by atoms with Crippen LogP contribution in [-0.4, -0.2) is 32.5 Å². The molecule has 1 N–H and O–H groups in total. The normalized spacial score (nSPS) is 17.6. The molecule has 0 aromatic carbocycles. The molecule has 0 heterocycles. The van der Waals surface area contributed by atoms with Gasteiger partial charge in [-0.05, 0) is 32.2 Å². The minimum absolute atomic E-state index is 0.281. The summed E-state index contributed by atoms with van der Waals surface area (Å²) in [5.41, 5.74) is 0. The molecule has 0 bridgehead atoms. The second-order valence-electron chi connectivity index (χ2n) is 3.67. The molecule has 13 heavy (non-hydrogen) atoms. The second-order valence-corrected chi connectivity index (χ2v) is 6.14. The molecule has 0 radical (unpaired) electrons. The van der Waals surface area contributed by atoms with Crippen LogP contribution in [0.3, 0.4) is 0 Å². The molecule has 1 aliphatic rings. The first kappa shape index (κ1) is 11.0. The highest BCUT2D eigenvalue weighted by molar-refractivity contribution is 7.91. The average molecular weight is 205 g/mol. The Morgan fingerprint density at radius 2 is 2.00 bits per heavy atom. The highest BCUT2D eigenvalue weighted by atomic mass is 32.2. The highest BCUT2D eigenvalue weighted by Gasteiger charge is 2.19. The Morgan fingerprint density at radius 3 is 2.54 bits per heavy atom. The van der Waals surface area contributed by atoms with E-state index < -0.39 is 9.84 Å². The van der Waals surface area contributed by atoms with Crippen LogP contribution in [0, 0.1) is 0 Å². The van der Waals surface area contributed by atoms with E-state index in [4.69, 9.17) is 0 Å². The average Bonchev–Trinajstić information content (AvgIpc) is 2.87. The van der Waals surface area contributed by atoms with E-state index in [1.54, 1.807) is 6.92 Å². The molecule has 0 aromatic heterocycles. The van der Waals surface area contributed by atoms with Gasteiger partial charge in [-0.3, -0.25) is 0 Å². The fourth-order valence-corrected chi connectivity index (χ4v) is 2.12. The summed E-state index contributed by atoms with van der Waals surface area (Å²) in [7, 11) is -2.73. The van der Waals surface area contributed by atoms with E-state index in [1.807, 2.05) is 0 Å². The van der Waals surface area contributed by atoms with Gasteiger partial charge in [0.05, 0.1) is 5.75 Å². The van der Waals surface area contributed by atoms with Crippen molar-refractivity contribution in [1.29, 1.82) is 0 Å². The zero-order valence-electron chi connectivity index (χ0n) is 8.25. The summed E-state index contributed by atoms with van der Waals surface area (Å²) in [6.45, 7) is 2.68. The Morgan fingerprint density at radius 1 is 1.31 bits per heavy atom. The van der Waals surface area contributed by atoms with Crippen molar-refractivity contribution in [2.24, 2.45) is 0 Å². The monoisotopic (exact) mass is 205 g/mol. The summed E-state index contributed by atoms with van der Waals surface area (Å²) in [5.74, 6) is 0.638. The third-order valence-corrected chi connectivity index (χ3v) is 4.12. The molecule has 0 unspecified atom stereocenters. The summed E-state index contributed by atoms with van der Waals surface area (Å²) < 4.78 is 22.2. The maximum atomic E-state index is 11.1. The van der Waals surface area contributed by atoms with E-state index in [-0.39, 0.29) is 5.75 Å². The highest BCUT2D eigenvalue weighted by Crippen LogP contribution is 2.18. The van der Waals surface area contributed by atoms with E-state index in [1.165, 1.54) is 12.8 Å². The fourth-order valence-electron chi connectivity index (χ4n) is 1.18. The molecular weight excluding hydrogens is 186 g/mol. The first-order chi connectivity index (χ1) is 6.14. The molecule has 0 amide bonds. The lowest BCUT2D eigenvalue weighted by atomic mass is 10.3. The van der Waals surface area contributed by atoms with Crippen molar-refractivity contribution in [3.63, 3.8) is 0 Å². The van der Waals surface area contributed by atoms with Crippen LogP contribution in [0.25, 0.3) is 0 Å². The van der Waals surface area contributed by atoms with Crippen molar-refractivity contribution in [2.75, 3.05) is 18.1 Å². The molecule has 1 rings (SSSR count). The largest absolute Gasteiger partial charge is 0.314 e. The number of rotatable bonds is 7. The Kier molecular flexibility index (Phi) is 4.19. The van der Waals surface area contributed by atoms with Crippen LogP contribution in [-0.2, 0) is 9.84 Å². The molecule has 0 atom stereocenters. The molecule has 1 fully saturated rings. The lowest BCUT2D eigenvalue weighted by molar-refractivity contribution is 0.587. The van der Waals surface area contributed by atoms with Gasteiger partial charge >= 0.3 is 0 Å². The molecule has 1 aliphatic carbocycles. The van der Waals surface area contributed by atoms with Gasteiger partial charge in [-0.1, -0.05) is 6.92 Å². The van der Waals surface area contributed by atoms with Crippen LogP contribution in [0.2, 0.25) is 0 Å². The zero-order valence-corrected chi connectivity index (χ0v) is 9.07. The van der Waals surface area contributed by atoms with E-state index in [0.717, 1.165) is 25.4 Å². The van der Waals surface area contributed by atoms with Gasteiger partial charge < -0.3 is 5.32 Å². The van der Waals surface area contributed by atoms with Gasteiger partial charge in [0.25, 0.3) is 0 Å². The van der Waals surface area contributed by atoms with Gasteiger partial charge in [-0.15, -0.1) is 0 Å². The van der Waals surface area contributed by atoms with Gasteiger partial charge in [0.2, 0.25) is 0 Å². The van der Waals surface area contributed by atoms with Crippen LogP contribution in [0.4, 0.5) is 0 Å². The fraction of sp³-hybridized carbons (Fsp3) is 1.00. The molecule has 4 heteroatoms. The Labute approximate surface area is 80.8 Å². The summed E-state index contributed by atoms with van der Waals surface area (Å²) in [5, 5.41) is 3.37. The zero-order chi connectivity index (χ0) is 9.73. The minimum Gasteiger partial charge on any atom is -0.314 e. The standard InChI is InChI=1S/C9H19NO2S/c1-2-13(11,12)8-4-3-7-10-9-5-6-9/h9-10H,2-8H2,1H3. The molecule has 0 aliphatic heterocycles. The van der Waals surface area contributed by atoms with Gasteiger partial charge in [-0.25, -0.2) is 8.42 Å². The lowest BCUT2D eigenvalue weighted by Crippen LogP contribution is -2.18. The van der Waals surface area contributed by atoms with Crippen molar-refractivity contribution >= 4 is 9.84 Å². The van der Waals surface area contributed by atoms with Crippen LogP contribution in [0.1, 0.15) is 32.6 Å². The van der Waals surface area contributed by atoms with Crippen molar-refractivity contribution < 1.29 is 8.42 Å². The molecule has 3 nitrogen and oxygen atoms in total. The van der Waals surface area contributed by atoms with Gasteiger partial charge in [0.15, 0.2) is 0 Å². The predicted octanol–water partition coefficient (Wildman–Crippen LogP) is 0.953. The SMILES string of the molecule is CCS(=O)(=O)CCCCNC1CC1. The van der Waals surface area contributed by atoms with E-state index in [9.17, 15) is 8.42 Å². The topological polar surface area (TPSA) is 46.2 Å². The van der Waals surface area contributed by atoms with Crippen LogP contribution < -0.4 is 5.32 Å². The molecular formula is C9H19NO2S. The van der Waals surface area contributed by atoms with Crippen molar-refractivity contribution in [1.82, 2.24) is 5.32 Å². The predicted molar refractivity (Wildman–Crippen MR) is 54.6 cm³/mol. The minimum atomic E-state index is -2.73. The Bertz CT molecular complexity index is 232. The summed E-state index contributed by atoms with van der Waals surface area (Å²) >= 11 is 0. The smallest absolute Gasteiger partial charge is 0.150 e. The van der Waals surface area contributed by atoms with Crippen molar-refractivity contribution in [3.8, 4) is 0 Å². The Balaban J connectivity index is 1.93. The summed E-state index contributed by atoms with van der Waals surface area (Å²) in [6, 6.07) is 0.739. The quantitative estimate of drug-likeness (QED) is 0.630. The van der Waals surface area contributed by atoms with E-state index in [0.29, 0.717) is 5.75 Å². The van der Waals surface area contributed by atoms with Gasteiger partial charge in [-0.2, -0.15) is 0 Å². The van der Waals surface area contributed by atoms with Crippen LogP contribution >= 0.6 is 0 Å². The first-order valence-electron chi connectivity index (χ1n) is 5.08. The van der Waals surface area contributed by atoms with Crippen molar-refractivity contribution in [2.45, 2.75) is 38.6 Å². The molecule has 0 spiro atoms. The summed E-state index contributed by atoms with van der Waals surface area (Å²) in [4.78, 5) is 0. The molecule has 78 valence electrons. The third-order valence-electron chi connectivity index (χ3n) is 2.33. The van der Waals surface area contributed by atoms with Gasteiger partial charge in [0.1, 0.15) is 9.84 Å². The van der Waals surface area contributed by atoms with Gasteiger partial charge in [0, 0.05) is 11.8 Å². The second kappa shape index (κ2) is 4.96. The maximum absolute atomic E-state index is 11.1. The summed E-state index contributed by atoms with van der Waals surface area (Å²) in [6.07, 6.45) is 4.38. The lowest BCUT2D eigenvalue weighted by Gasteiger charge is -2.02. The van der Waals surface area contributed by atoms with E-state index in [2.05, 4.69) is 5.32 Å². The van der Waals surface area contributed by atoms with Crippen LogP contribution in [0.15, 0.2) is 0 Å². The Hall–Kier alpha value is -0.0900. The van der Waals surface area contributed by atoms with Crippen molar-refractivity contribution in [3.05, 3.63) is 0 Å². The first-order valence-corrected chi connectivity index (χ1v) is 6.90. The number of sulfone groups is 1.